The lowest BCUT2D eigenvalue weighted by Gasteiger charge is -2.71. The van der Waals surface area contributed by atoms with Crippen molar-refractivity contribution in [3.63, 3.8) is 0 Å². The van der Waals surface area contributed by atoms with Gasteiger partial charge in [-0.1, -0.05) is 78.8 Å². The predicted molar refractivity (Wildman–Crippen MR) is 175 cm³/mol. The van der Waals surface area contributed by atoms with Crippen LogP contribution in [-0.4, -0.2) is 25.7 Å². The molecule has 5 aliphatic carbocycles. The minimum Gasteiger partial charge on any atom is -0.460 e. The first kappa shape index (κ1) is 35.2. The molecular weight excluding hydrogens is 641 g/mol. The maximum atomic E-state index is 14.2. The van der Waals surface area contributed by atoms with Crippen LogP contribution in [0.15, 0.2) is 53.3 Å². The van der Waals surface area contributed by atoms with E-state index in [4.69, 9.17) is 8.92 Å². The van der Waals surface area contributed by atoms with Crippen LogP contribution in [0.2, 0.25) is 0 Å². The van der Waals surface area contributed by atoms with Gasteiger partial charge in [0.2, 0.25) is 0 Å². The summed E-state index contributed by atoms with van der Waals surface area (Å²) in [7, 11) is -5.78. The summed E-state index contributed by atoms with van der Waals surface area (Å²) in [5.41, 5.74) is -5.46. The zero-order valence-electron chi connectivity index (χ0n) is 29.1. The molecule has 0 bridgehead atoms. The molecule has 6 nitrogen and oxygen atoms in total. The summed E-state index contributed by atoms with van der Waals surface area (Å²) in [6.07, 6.45) is 6.57. The predicted octanol–water partition coefficient (Wildman–Crippen LogP) is 9.07. The van der Waals surface area contributed by atoms with Gasteiger partial charge in [0, 0.05) is 11.8 Å². The average molecular weight is 691 g/mol. The van der Waals surface area contributed by atoms with E-state index in [1.807, 2.05) is 58.0 Å². The summed E-state index contributed by atoms with van der Waals surface area (Å²) < 4.78 is 74.9. The fourth-order valence-corrected chi connectivity index (χ4v) is 12.2. The van der Waals surface area contributed by atoms with Crippen molar-refractivity contribution < 1.29 is 40.1 Å². The number of esters is 1. The number of benzene rings is 1. The van der Waals surface area contributed by atoms with Gasteiger partial charge in [0.1, 0.15) is 12.4 Å². The quantitative estimate of drug-likeness (QED) is 0.168. The van der Waals surface area contributed by atoms with Crippen molar-refractivity contribution in [3.8, 4) is 0 Å². The molecule has 264 valence electrons. The molecule has 10 heteroatoms. The molecule has 0 heterocycles. The molecule has 0 aromatic heterocycles. The normalized spacial score (nSPS) is 37.6. The third kappa shape index (κ3) is 4.88. The van der Waals surface area contributed by atoms with Crippen LogP contribution >= 0.6 is 0 Å². The van der Waals surface area contributed by atoms with Crippen molar-refractivity contribution in [2.75, 3.05) is 0 Å². The van der Waals surface area contributed by atoms with Crippen LogP contribution in [-0.2, 0) is 35.2 Å². The Morgan fingerprint density at radius 3 is 2.23 bits per heavy atom. The molecule has 0 spiro atoms. The van der Waals surface area contributed by atoms with Gasteiger partial charge in [-0.2, -0.15) is 21.6 Å². The van der Waals surface area contributed by atoms with Gasteiger partial charge in [-0.15, -0.1) is 0 Å². The van der Waals surface area contributed by atoms with E-state index in [0.717, 1.165) is 42.4 Å². The SMILES string of the molecule is CC(C)C1=C2[C@H]3CC[C@H]4[C@]5(C)CC=C(OS(=O)(=O)C(F)(F)F)C(C)(C)[C@H]5CC[C@]4(C)[C@@]3(C)CC[C@]2(C(=O)OCc2ccccc2)CC1=O. The van der Waals surface area contributed by atoms with Gasteiger partial charge in [0.05, 0.1) is 5.41 Å². The number of halogens is 3. The van der Waals surface area contributed by atoms with Crippen LogP contribution in [0.1, 0.15) is 105 Å². The molecule has 0 radical (unpaired) electrons. The monoisotopic (exact) mass is 690 g/mol. The van der Waals surface area contributed by atoms with Crippen LogP contribution in [0, 0.1) is 50.7 Å². The van der Waals surface area contributed by atoms with E-state index >= 15 is 0 Å². The highest BCUT2D eigenvalue weighted by Crippen LogP contribution is 2.76. The smallest absolute Gasteiger partial charge is 0.460 e. The first-order valence-corrected chi connectivity index (χ1v) is 18.8. The highest BCUT2D eigenvalue weighted by Gasteiger charge is 2.71. The zero-order chi connectivity index (χ0) is 35.3. The van der Waals surface area contributed by atoms with Crippen LogP contribution < -0.4 is 0 Å². The molecule has 6 rings (SSSR count). The number of hydrogen-bond acceptors (Lipinski definition) is 6. The Bertz CT molecular complexity index is 1680. The second kappa shape index (κ2) is 11.2. The molecule has 1 aromatic carbocycles. The molecule has 3 saturated carbocycles. The maximum absolute atomic E-state index is 14.2. The molecule has 0 unspecified atom stereocenters. The van der Waals surface area contributed by atoms with Crippen LogP contribution in [0.3, 0.4) is 0 Å². The Balaban J connectivity index is 1.36. The highest BCUT2D eigenvalue weighted by molar-refractivity contribution is 7.87. The Hall–Kier alpha value is -2.62. The number of Topliss-reactive ketones (excluding diaryl/α,β-unsaturated/α-hetero) is 1. The van der Waals surface area contributed by atoms with Gasteiger partial charge in [-0.05, 0) is 108 Å². The first-order chi connectivity index (χ1) is 22.2. The number of carbonyl (C=O) groups is 2. The Morgan fingerprint density at radius 2 is 1.60 bits per heavy atom. The Labute approximate surface area is 283 Å². The average Bonchev–Trinajstić information content (AvgIpc) is 3.31. The van der Waals surface area contributed by atoms with Crippen molar-refractivity contribution in [1.29, 1.82) is 0 Å². The fourth-order valence-electron chi connectivity index (χ4n) is 11.6. The van der Waals surface area contributed by atoms with E-state index in [1.54, 1.807) is 6.08 Å². The summed E-state index contributed by atoms with van der Waals surface area (Å²) in [6.45, 7) is 14.8. The van der Waals surface area contributed by atoms with Crippen molar-refractivity contribution in [2.45, 2.75) is 112 Å². The number of carbonyl (C=O) groups excluding carboxylic acids is 2. The number of hydrogen-bond donors (Lipinski definition) is 0. The number of ketones is 1. The standard InChI is InChI=1S/C38H49F3O6S/c1-23(2)30-26(42)21-37(32(43)46-22-24-11-9-8-10-12-24)20-19-35(6)25(31(30)37)13-14-28-34(5)17-16-29(47-48(44,45)38(39,40)41)33(3,4)27(34)15-18-36(28,35)7/h8-12,16,23,25,27-28H,13-15,17-22H2,1-7H3/t25-,27-,28+,34-,35+,36+,37+/m1/s1. The minimum absolute atomic E-state index is 0.0174. The first-order valence-electron chi connectivity index (χ1n) is 17.4. The van der Waals surface area contributed by atoms with Crippen molar-refractivity contribution in [2.24, 2.45) is 50.7 Å². The van der Waals surface area contributed by atoms with E-state index < -0.39 is 26.5 Å². The van der Waals surface area contributed by atoms with Crippen LogP contribution in [0.4, 0.5) is 13.2 Å². The Morgan fingerprint density at radius 1 is 0.938 bits per heavy atom. The van der Waals surface area contributed by atoms with Crippen LogP contribution in [0.25, 0.3) is 0 Å². The van der Waals surface area contributed by atoms with Crippen molar-refractivity contribution >= 4 is 21.9 Å². The van der Waals surface area contributed by atoms with Crippen molar-refractivity contribution in [3.05, 3.63) is 58.9 Å². The lowest BCUT2D eigenvalue weighted by atomic mass is 9.33. The second-order valence-corrected chi connectivity index (χ2v) is 18.4. The van der Waals surface area contributed by atoms with Crippen LogP contribution in [0.5, 0.6) is 0 Å². The van der Waals surface area contributed by atoms with E-state index in [0.29, 0.717) is 19.3 Å². The summed E-state index contributed by atoms with van der Waals surface area (Å²) in [5.74, 6) is -0.310. The maximum Gasteiger partial charge on any atom is 0.534 e. The lowest BCUT2D eigenvalue weighted by Crippen LogP contribution is -2.64. The number of alkyl halides is 3. The van der Waals surface area contributed by atoms with Crippen molar-refractivity contribution in [1.82, 2.24) is 0 Å². The lowest BCUT2D eigenvalue weighted by molar-refractivity contribution is -0.204. The summed E-state index contributed by atoms with van der Waals surface area (Å²) in [5, 5.41) is 0. The molecule has 0 aliphatic heterocycles. The molecule has 5 aliphatic rings. The molecule has 7 atom stereocenters. The fraction of sp³-hybridized carbons (Fsp3) is 0.684. The van der Waals surface area contributed by atoms with E-state index in [1.165, 1.54) is 0 Å². The summed E-state index contributed by atoms with van der Waals surface area (Å²) >= 11 is 0. The second-order valence-electron chi connectivity index (χ2n) is 16.8. The zero-order valence-corrected chi connectivity index (χ0v) is 29.9. The number of rotatable bonds is 6. The summed E-state index contributed by atoms with van der Waals surface area (Å²) in [6, 6.07) is 9.57. The molecule has 3 fully saturated rings. The van der Waals surface area contributed by atoms with E-state index in [-0.39, 0.29) is 70.5 Å². The van der Waals surface area contributed by atoms with Gasteiger partial charge in [-0.3, -0.25) is 9.59 Å². The molecule has 1 aromatic rings. The van der Waals surface area contributed by atoms with Gasteiger partial charge in [-0.25, -0.2) is 0 Å². The minimum atomic E-state index is -5.78. The molecule has 0 saturated heterocycles. The number of fused-ring (bicyclic) bond motifs is 7. The molecule has 0 amide bonds. The highest BCUT2D eigenvalue weighted by atomic mass is 32.2. The van der Waals surface area contributed by atoms with Gasteiger partial charge in [0.15, 0.2) is 5.78 Å². The third-order valence-electron chi connectivity index (χ3n) is 14.0. The molecule has 48 heavy (non-hydrogen) atoms. The number of allylic oxidation sites excluding steroid dienone is 3. The third-order valence-corrected chi connectivity index (χ3v) is 15.0. The molecule has 0 N–H and O–H groups in total. The largest absolute Gasteiger partial charge is 0.534 e. The molecular formula is C38H49F3O6S. The van der Waals surface area contributed by atoms with Gasteiger partial charge >= 0.3 is 21.6 Å². The van der Waals surface area contributed by atoms with E-state index in [9.17, 15) is 31.2 Å². The topological polar surface area (TPSA) is 86.7 Å². The number of ether oxygens (including phenoxy) is 1. The summed E-state index contributed by atoms with van der Waals surface area (Å²) in [4.78, 5) is 28.0. The van der Waals surface area contributed by atoms with Gasteiger partial charge < -0.3 is 8.92 Å². The van der Waals surface area contributed by atoms with Gasteiger partial charge in [0.25, 0.3) is 0 Å². The van der Waals surface area contributed by atoms with E-state index in [2.05, 4.69) is 20.8 Å². The Kier molecular flexibility index (Phi) is 8.21.